The Morgan fingerprint density at radius 3 is 2.08 bits per heavy atom. The lowest BCUT2D eigenvalue weighted by atomic mass is 10.1. The molecule has 0 atom stereocenters. The van der Waals surface area contributed by atoms with E-state index in [1.807, 2.05) is 36.4 Å². The maximum Gasteiger partial charge on any atom is 0.126 e. The zero-order valence-electron chi connectivity index (χ0n) is 23.1. The van der Waals surface area contributed by atoms with Crippen LogP contribution in [0.4, 0.5) is 0 Å². The average Bonchev–Trinajstić information content (AvgIpc) is 2.97. The molecule has 1 heterocycles. The number of para-hydroxylation sites is 1. The number of halogens is 1. The van der Waals surface area contributed by atoms with E-state index in [0.29, 0.717) is 0 Å². The van der Waals surface area contributed by atoms with Crippen LogP contribution in [0, 0.1) is 0 Å². The molecule has 3 aromatic rings. The second kappa shape index (κ2) is 16.7. The van der Waals surface area contributed by atoms with Gasteiger partial charge in [-0.25, -0.2) is 0 Å². The Bertz CT molecular complexity index is 1150. The molecule has 1 aliphatic heterocycles. The molecule has 0 radical (unpaired) electrons. The van der Waals surface area contributed by atoms with Crippen LogP contribution in [0.15, 0.2) is 78.9 Å². The second-order valence-corrected chi connectivity index (χ2v) is 9.53. The zero-order valence-corrected chi connectivity index (χ0v) is 23.9. The number of hydrogen-bond donors (Lipinski definition) is 0. The number of nitrogens with zero attached hydrogens (tertiary/aromatic N) is 2. The molecule has 0 aromatic heterocycles. The SMILES string of the molecule is COc1cc(/C=C/c2ccccc2OCCCCN2CCN(CC=Cc3ccccc3)CC2)cc(OC)c1.Cl. The highest BCUT2D eigenvalue weighted by Crippen LogP contribution is 2.26. The van der Waals surface area contributed by atoms with E-state index in [9.17, 15) is 0 Å². The van der Waals surface area contributed by atoms with Crippen LogP contribution in [-0.4, -0.2) is 69.9 Å². The van der Waals surface area contributed by atoms with E-state index < -0.39 is 0 Å². The van der Waals surface area contributed by atoms with E-state index in [2.05, 4.69) is 70.5 Å². The third-order valence-electron chi connectivity index (χ3n) is 6.81. The molecular weight excluding hydrogens is 508 g/mol. The Hall–Kier alpha value is -3.25. The fourth-order valence-corrected chi connectivity index (χ4v) is 4.58. The van der Waals surface area contributed by atoms with Gasteiger partial charge in [0.25, 0.3) is 0 Å². The van der Waals surface area contributed by atoms with E-state index in [4.69, 9.17) is 14.2 Å². The summed E-state index contributed by atoms with van der Waals surface area (Å²) in [4.78, 5) is 5.11. The number of rotatable bonds is 13. The molecule has 1 fully saturated rings. The van der Waals surface area contributed by atoms with Crippen molar-refractivity contribution >= 4 is 30.6 Å². The van der Waals surface area contributed by atoms with Crippen molar-refractivity contribution in [1.82, 2.24) is 9.80 Å². The van der Waals surface area contributed by atoms with Crippen LogP contribution in [0.1, 0.15) is 29.5 Å². The minimum absolute atomic E-state index is 0. The maximum absolute atomic E-state index is 6.17. The Balaban J connectivity index is 0.00000420. The summed E-state index contributed by atoms with van der Waals surface area (Å²) in [5.74, 6) is 2.46. The van der Waals surface area contributed by atoms with E-state index >= 15 is 0 Å². The predicted octanol–water partition coefficient (Wildman–Crippen LogP) is 6.79. The van der Waals surface area contributed by atoms with Crippen LogP contribution >= 0.6 is 12.4 Å². The van der Waals surface area contributed by atoms with Crippen molar-refractivity contribution in [2.75, 3.05) is 60.1 Å². The molecule has 1 aliphatic rings. The molecular formula is C33H41ClN2O3. The topological polar surface area (TPSA) is 34.2 Å². The van der Waals surface area contributed by atoms with Gasteiger partial charge in [0.1, 0.15) is 17.2 Å². The van der Waals surface area contributed by atoms with Gasteiger partial charge in [-0.05, 0) is 48.7 Å². The molecule has 3 aromatic carbocycles. The molecule has 1 saturated heterocycles. The van der Waals surface area contributed by atoms with Crippen molar-refractivity contribution < 1.29 is 14.2 Å². The minimum Gasteiger partial charge on any atom is -0.497 e. The molecule has 5 nitrogen and oxygen atoms in total. The standard InChI is InChI=1S/C33H40N2O3.ClH/c1-36-31-25-29(26-32(27-31)37-2)16-17-30-14-6-7-15-33(30)38-24-9-8-18-34-20-22-35(23-21-34)19-10-13-28-11-4-3-5-12-28;/h3-7,10-17,25-27H,8-9,18-24H2,1-2H3;1H/b13-10?,17-16+;. The highest BCUT2D eigenvalue weighted by molar-refractivity contribution is 5.85. The van der Waals surface area contributed by atoms with Gasteiger partial charge in [0.15, 0.2) is 0 Å². The first kappa shape index (κ1) is 30.3. The third-order valence-corrected chi connectivity index (χ3v) is 6.81. The molecule has 39 heavy (non-hydrogen) atoms. The van der Waals surface area contributed by atoms with E-state index in [1.165, 1.54) is 5.56 Å². The number of benzene rings is 3. The average molecular weight is 549 g/mol. The molecule has 0 spiro atoms. The van der Waals surface area contributed by atoms with Crippen LogP contribution in [0.25, 0.3) is 18.2 Å². The third kappa shape index (κ3) is 10.1. The number of unbranched alkanes of at least 4 members (excludes halogenated alkanes) is 1. The van der Waals surface area contributed by atoms with Crippen molar-refractivity contribution in [1.29, 1.82) is 0 Å². The second-order valence-electron chi connectivity index (χ2n) is 9.53. The summed E-state index contributed by atoms with van der Waals surface area (Å²) >= 11 is 0. The first-order chi connectivity index (χ1) is 18.7. The molecule has 0 unspecified atom stereocenters. The van der Waals surface area contributed by atoms with Gasteiger partial charge in [0, 0.05) is 44.4 Å². The lowest BCUT2D eigenvalue weighted by molar-refractivity contribution is 0.139. The minimum atomic E-state index is 0. The van der Waals surface area contributed by atoms with Crippen molar-refractivity contribution in [3.05, 3.63) is 95.6 Å². The normalized spacial score (nSPS) is 14.4. The molecule has 0 bridgehead atoms. The summed E-state index contributed by atoms with van der Waals surface area (Å²) in [5.41, 5.74) is 3.35. The molecule has 0 saturated carbocycles. The van der Waals surface area contributed by atoms with Crippen molar-refractivity contribution in [3.8, 4) is 17.2 Å². The van der Waals surface area contributed by atoms with Gasteiger partial charge < -0.3 is 19.1 Å². The number of hydrogen-bond acceptors (Lipinski definition) is 5. The van der Waals surface area contributed by atoms with E-state index in [-0.39, 0.29) is 12.4 Å². The van der Waals surface area contributed by atoms with Crippen LogP contribution in [0.5, 0.6) is 17.2 Å². The number of piperazine rings is 1. The molecule has 0 aliphatic carbocycles. The highest BCUT2D eigenvalue weighted by atomic mass is 35.5. The van der Waals surface area contributed by atoms with Gasteiger partial charge >= 0.3 is 0 Å². The Morgan fingerprint density at radius 1 is 0.692 bits per heavy atom. The van der Waals surface area contributed by atoms with E-state index in [1.54, 1.807) is 14.2 Å². The first-order valence-electron chi connectivity index (χ1n) is 13.5. The summed E-state index contributed by atoms with van der Waals surface area (Å²) < 4.78 is 16.9. The van der Waals surface area contributed by atoms with Crippen LogP contribution in [0.2, 0.25) is 0 Å². The molecule has 6 heteroatoms. The summed E-state index contributed by atoms with van der Waals surface area (Å²) in [7, 11) is 3.33. The Morgan fingerprint density at radius 2 is 1.36 bits per heavy atom. The Labute approximate surface area is 240 Å². The fraction of sp³-hybridized carbons (Fsp3) is 0.333. The largest absolute Gasteiger partial charge is 0.497 e. The predicted molar refractivity (Wildman–Crippen MR) is 165 cm³/mol. The van der Waals surface area contributed by atoms with Gasteiger partial charge in [0.05, 0.1) is 20.8 Å². The van der Waals surface area contributed by atoms with Crippen molar-refractivity contribution in [2.45, 2.75) is 12.8 Å². The molecule has 0 amide bonds. The monoisotopic (exact) mass is 548 g/mol. The van der Waals surface area contributed by atoms with Gasteiger partial charge in [-0.3, -0.25) is 4.90 Å². The van der Waals surface area contributed by atoms with Crippen LogP contribution in [-0.2, 0) is 0 Å². The zero-order chi connectivity index (χ0) is 26.4. The Kier molecular flexibility index (Phi) is 12.9. The molecule has 4 rings (SSSR count). The van der Waals surface area contributed by atoms with Gasteiger partial charge in [-0.2, -0.15) is 0 Å². The summed E-state index contributed by atoms with van der Waals surface area (Å²) in [5, 5.41) is 0. The summed E-state index contributed by atoms with van der Waals surface area (Å²) in [6.45, 7) is 7.43. The summed E-state index contributed by atoms with van der Waals surface area (Å²) in [6.07, 6.45) is 10.8. The highest BCUT2D eigenvalue weighted by Gasteiger charge is 2.15. The maximum atomic E-state index is 6.17. The van der Waals surface area contributed by atoms with Gasteiger partial charge in [-0.1, -0.05) is 72.8 Å². The molecule has 0 N–H and O–H groups in total. The van der Waals surface area contributed by atoms with Crippen molar-refractivity contribution in [2.24, 2.45) is 0 Å². The van der Waals surface area contributed by atoms with Crippen molar-refractivity contribution in [3.63, 3.8) is 0 Å². The summed E-state index contributed by atoms with van der Waals surface area (Å²) in [6, 6.07) is 24.6. The smallest absolute Gasteiger partial charge is 0.126 e. The fourth-order valence-electron chi connectivity index (χ4n) is 4.58. The lowest BCUT2D eigenvalue weighted by Crippen LogP contribution is -2.46. The lowest BCUT2D eigenvalue weighted by Gasteiger charge is -2.34. The van der Waals surface area contributed by atoms with Gasteiger partial charge in [-0.15, -0.1) is 12.4 Å². The number of ether oxygens (including phenoxy) is 3. The quantitative estimate of drug-likeness (QED) is 0.174. The number of methoxy groups -OCH3 is 2. The first-order valence-corrected chi connectivity index (χ1v) is 13.5. The van der Waals surface area contributed by atoms with Gasteiger partial charge in [0.2, 0.25) is 0 Å². The van der Waals surface area contributed by atoms with E-state index in [0.717, 1.165) is 87.1 Å². The van der Waals surface area contributed by atoms with Crippen LogP contribution < -0.4 is 14.2 Å². The van der Waals surface area contributed by atoms with Crippen LogP contribution in [0.3, 0.4) is 0 Å². The molecule has 208 valence electrons.